The van der Waals surface area contributed by atoms with E-state index in [0.29, 0.717) is 0 Å². The first-order chi connectivity index (χ1) is 12.1. The van der Waals surface area contributed by atoms with Crippen LogP contribution in [0.3, 0.4) is 0 Å². The number of hydrogen-bond acceptors (Lipinski definition) is 4. The Morgan fingerprint density at radius 3 is 2.65 bits per heavy atom. The number of nitrogens with one attached hydrogen (secondary N) is 2. The van der Waals surface area contributed by atoms with Gasteiger partial charge < -0.3 is 20.0 Å². The van der Waals surface area contributed by atoms with Crippen molar-refractivity contribution in [3.05, 3.63) is 24.2 Å². The fraction of sp³-hybridized carbons (Fsp3) is 0.737. The van der Waals surface area contributed by atoms with Gasteiger partial charge in [0.25, 0.3) is 0 Å². The zero-order valence-corrected chi connectivity index (χ0v) is 19.0. The Bertz CT molecular complexity index is 498. The van der Waals surface area contributed by atoms with Gasteiger partial charge >= 0.3 is 0 Å². The Morgan fingerprint density at radius 2 is 2.08 bits per heavy atom. The molecule has 1 saturated heterocycles. The summed E-state index contributed by atoms with van der Waals surface area (Å²) in [5.41, 5.74) is 0. The summed E-state index contributed by atoms with van der Waals surface area (Å²) >= 11 is 0. The third-order valence-corrected chi connectivity index (χ3v) is 5.00. The van der Waals surface area contributed by atoms with Gasteiger partial charge in [0.05, 0.1) is 12.3 Å². The minimum absolute atomic E-state index is 0. The average Bonchev–Trinajstić information content (AvgIpc) is 3.12. The van der Waals surface area contributed by atoms with E-state index in [9.17, 15) is 0 Å². The molecule has 0 radical (unpaired) electrons. The first-order valence-electron chi connectivity index (χ1n) is 9.47. The second-order valence-electron chi connectivity index (χ2n) is 7.25. The second-order valence-corrected chi connectivity index (χ2v) is 7.25. The number of likely N-dealkylation sites (tertiary alicyclic amines) is 1. The molecule has 26 heavy (non-hydrogen) atoms. The van der Waals surface area contributed by atoms with E-state index in [1.807, 2.05) is 19.2 Å². The number of guanidine groups is 1. The Balaban J connectivity index is 0.00000338. The summed E-state index contributed by atoms with van der Waals surface area (Å²) in [6, 6.07) is 4.13. The lowest BCUT2D eigenvalue weighted by molar-refractivity contribution is 0.191. The molecule has 0 spiro atoms. The maximum atomic E-state index is 5.55. The molecule has 1 unspecified atom stereocenters. The topological polar surface area (TPSA) is 56.0 Å². The molecule has 1 atom stereocenters. The Hall–Kier alpha value is -0.800. The third kappa shape index (κ3) is 7.84. The van der Waals surface area contributed by atoms with Crippen molar-refractivity contribution in [1.82, 2.24) is 20.4 Å². The lowest BCUT2D eigenvalue weighted by atomic mass is 9.99. The van der Waals surface area contributed by atoms with Crippen LogP contribution in [0.2, 0.25) is 0 Å². The molecule has 1 aromatic heterocycles. The van der Waals surface area contributed by atoms with E-state index in [2.05, 4.69) is 46.4 Å². The van der Waals surface area contributed by atoms with Crippen LogP contribution in [-0.2, 0) is 0 Å². The smallest absolute Gasteiger partial charge is 0.191 e. The van der Waals surface area contributed by atoms with Crippen molar-refractivity contribution in [2.24, 2.45) is 10.9 Å². The van der Waals surface area contributed by atoms with Crippen LogP contribution >= 0.6 is 24.0 Å². The normalized spacial score (nSPS) is 17.8. The van der Waals surface area contributed by atoms with Crippen molar-refractivity contribution in [2.45, 2.75) is 32.2 Å². The van der Waals surface area contributed by atoms with E-state index in [4.69, 9.17) is 4.42 Å². The van der Waals surface area contributed by atoms with Crippen LogP contribution in [-0.4, -0.2) is 69.6 Å². The van der Waals surface area contributed by atoms with Crippen molar-refractivity contribution < 1.29 is 4.42 Å². The van der Waals surface area contributed by atoms with Gasteiger partial charge in [-0.25, -0.2) is 0 Å². The molecule has 1 aromatic rings. The molecule has 2 rings (SSSR count). The van der Waals surface area contributed by atoms with Crippen molar-refractivity contribution in [3.63, 3.8) is 0 Å². The maximum absolute atomic E-state index is 5.55. The van der Waals surface area contributed by atoms with Crippen molar-refractivity contribution in [1.29, 1.82) is 0 Å². The van der Waals surface area contributed by atoms with Gasteiger partial charge in [-0.2, -0.15) is 0 Å². The van der Waals surface area contributed by atoms with Gasteiger partial charge in [-0.1, -0.05) is 6.92 Å². The molecule has 1 aliphatic rings. The minimum Gasteiger partial charge on any atom is -0.468 e. The predicted octanol–water partition coefficient (Wildman–Crippen LogP) is 2.79. The Labute approximate surface area is 175 Å². The van der Waals surface area contributed by atoms with Crippen LogP contribution in [0.25, 0.3) is 0 Å². The number of halogens is 1. The molecular weight excluding hydrogens is 441 g/mol. The van der Waals surface area contributed by atoms with E-state index < -0.39 is 0 Å². The first kappa shape index (κ1) is 23.2. The lowest BCUT2D eigenvalue weighted by Crippen LogP contribution is -2.42. The highest BCUT2D eigenvalue weighted by atomic mass is 127. The molecule has 1 aliphatic heterocycles. The van der Waals surface area contributed by atoms with E-state index in [1.165, 1.54) is 32.5 Å². The zero-order valence-electron chi connectivity index (χ0n) is 16.7. The van der Waals surface area contributed by atoms with E-state index in [-0.39, 0.29) is 30.0 Å². The Kier molecular flexibility index (Phi) is 11.2. The zero-order chi connectivity index (χ0) is 18.1. The van der Waals surface area contributed by atoms with Gasteiger partial charge in [0, 0.05) is 20.1 Å². The van der Waals surface area contributed by atoms with Gasteiger partial charge in [-0.3, -0.25) is 9.89 Å². The highest BCUT2D eigenvalue weighted by Crippen LogP contribution is 2.17. The van der Waals surface area contributed by atoms with Gasteiger partial charge in [0.15, 0.2) is 5.96 Å². The molecule has 0 amide bonds. The monoisotopic (exact) mass is 477 g/mol. The molecule has 2 N–H and O–H groups in total. The minimum atomic E-state index is 0. The van der Waals surface area contributed by atoms with Crippen molar-refractivity contribution >= 4 is 29.9 Å². The summed E-state index contributed by atoms with van der Waals surface area (Å²) in [5, 5.41) is 6.83. The van der Waals surface area contributed by atoms with Crippen LogP contribution in [0.1, 0.15) is 38.0 Å². The van der Waals surface area contributed by atoms with Crippen LogP contribution in [0.15, 0.2) is 27.8 Å². The first-order valence-corrected chi connectivity index (χ1v) is 9.47. The number of likely N-dealkylation sites (N-methyl/N-ethyl adjacent to an activating group) is 1. The van der Waals surface area contributed by atoms with Crippen molar-refractivity contribution in [3.8, 4) is 0 Å². The van der Waals surface area contributed by atoms with E-state index in [0.717, 1.165) is 37.1 Å². The molecular formula is C19H36IN5O. The van der Waals surface area contributed by atoms with E-state index >= 15 is 0 Å². The van der Waals surface area contributed by atoms with Gasteiger partial charge in [0.2, 0.25) is 0 Å². The highest BCUT2D eigenvalue weighted by molar-refractivity contribution is 14.0. The quantitative estimate of drug-likeness (QED) is 0.261. The number of hydrogen-bond donors (Lipinski definition) is 2. The standard InChI is InChI=1S/C19H35N5O.HI/c1-16-8-12-24(13-9-16)11-6-10-21-19(20-2)22-15-17(23(3)4)18-7-5-14-25-18;/h5,7,14,16-17H,6,8-13,15H2,1-4H3,(H2,20,21,22);1H. The van der Waals surface area contributed by atoms with Gasteiger partial charge in [0.1, 0.15) is 5.76 Å². The number of nitrogens with zero attached hydrogens (tertiary/aromatic N) is 3. The molecule has 6 nitrogen and oxygen atoms in total. The lowest BCUT2D eigenvalue weighted by Gasteiger charge is -2.30. The summed E-state index contributed by atoms with van der Waals surface area (Å²) in [6.45, 7) is 7.73. The Morgan fingerprint density at radius 1 is 1.35 bits per heavy atom. The number of aliphatic imine (C=N–C) groups is 1. The highest BCUT2D eigenvalue weighted by Gasteiger charge is 2.17. The number of piperidine rings is 1. The van der Waals surface area contributed by atoms with Gasteiger partial charge in [-0.15, -0.1) is 24.0 Å². The molecule has 0 saturated carbocycles. The largest absolute Gasteiger partial charge is 0.468 e. The molecule has 2 heterocycles. The summed E-state index contributed by atoms with van der Waals surface area (Å²) in [5.74, 6) is 2.72. The van der Waals surface area contributed by atoms with E-state index in [1.54, 1.807) is 6.26 Å². The summed E-state index contributed by atoms with van der Waals surface area (Å²) in [6.07, 6.45) is 5.55. The van der Waals surface area contributed by atoms with Crippen LogP contribution in [0, 0.1) is 5.92 Å². The number of rotatable bonds is 8. The predicted molar refractivity (Wildman–Crippen MR) is 119 cm³/mol. The van der Waals surface area contributed by atoms with Crippen molar-refractivity contribution in [2.75, 3.05) is 53.9 Å². The third-order valence-electron chi connectivity index (χ3n) is 5.00. The molecule has 150 valence electrons. The molecule has 0 bridgehead atoms. The SMILES string of the molecule is CN=C(NCCCN1CCC(C)CC1)NCC(c1ccco1)N(C)C.I. The number of furan rings is 1. The average molecular weight is 477 g/mol. The van der Waals surface area contributed by atoms with Gasteiger partial charge in [-0.05, 0) is 71.0 Å². The maximum Gasteiger partial charge on any atom is 0.191 e. The molecule has 0 aliphatic carbocycles. The fourth-order valence-corrected chi connectivity index (χ4v) is 3.23. The summed E-state index contributed by atoms with van der Waals surface area (Å²) in [7, 11) is 5.94. The van der Waals surface area contributed by atoms with Crippen LogP contribution < -0.4 is 10.6 Å². The second kappa shape index (κ2) is 12.6. The van der Waals surface area contributed by atoms with Crippen LogP contribution in [0.4, 0.5) is 0 Å². The fourth-order valence-electron chi connectivity index (χ4n) is 3.23. The summed E-state index contributed by atoms with van der Waals surface area (Å²) in [4.78, 5) is 9.06. The molecule has 7 heteroatoms. The molecule has 1 fully saturated rings. The van der Waals surface area contributed by atoms with Crippen LogP contribution in [0.5, 0.6) is 0 Å². The molecule has 0 aromatic carbocycles. The summed E-state index contributed by atoms with van der Waals surface area (Å²) < 4.78 is 5.55.